The number of esters is 1. The van der Waals surface area contributed by atoms with Crippen LogP contribution < -0.4 is 11.1 Å². The van der Waals surface area contributed by atoms with Crippen molar-refractivity contribution >= 4 is 23.5 Å². The summed E-state index contributed by atoms with van der Waals surface area (Å²) in [4.78, 5) is 47.2. The Bertz CT molecular complexity index is 1060. The molecule has 0 aliphatic carbocycles. The van der Waals surface area contributed by atoms with Crippen molar-refractivity contribution < 1.29 is 37.2 Å². The molecule has 0 heterocycles. The summed E-state index contributed by atoms with van der Waals surface area (Å²) in [5.41, 5.74) is 4.64. The van der Waals surface area contributed by atoms with Gasteiger partial charge in [-0.1, -0.05) is 30.3 Å². The van der Waals surface area contributed by atoms with Crippen LogP contribution in [0.3, 0.4) is 0 Å². The number of carbonyl (C=O) groups is 3. The molecule has 0 saturated heterocycles. The second-order valence-electron chi connectivity index (χ2n) is 7.29. The molecule has 0 aliphatic heterocycles. The Morgan fingerprint density at radius 3 is 2.32 bits per heavy atom. The molecule has 3 N–H and O–H groups in total. The fraction of sp³-hybridized carbons (Fsp3) is 0.318. The molecule has 0 fully saturated rings. The van der Waals surface area contributed by atoms with Gasteiger partial charge in [0.2, 0.25) is 11.8 Å². The summed E-state index contributed by atoms with van der Waals surface area (Å²) in [6.45, 7) is 1.62. The van der Waals surface area contributed by atoms with E-state index in [4.69, 9.17) is 10.5 Å². The quantitative estimate of drug-likeness (QED) is 0.304. The zero-order valence-corrected chi connectivity index (χ0v) is 18.0. The van der Waals surface area contributed by atoms with E-state index in [1.54, 1.807) is 6.92 Å². The second kappa shape index (κ2) is 11.3. The molecule has 2 aromatic carbocycles. The molecule has 2 amide bonds. The third-order valence-electron chi connectivity index (χ3n) is 4.87. The number of alkyl halides is 3. The maximum Gasteiger partial charge on any atom is 0.416 e. The van der Waals surface area contributed by atoms with Gasteiger partial charge in [-0.15, -0.1) is 0 Å². The van der Waals surface area contributed by atoms with E-state index >= 15 is 0 Å². The zero-order chi connectivity index (χ0) is 25.5. The van der Waals surface area contributed by atoms with Gasteiger partial charge in [-0.25, -0.2) is 0 Å². The van der Waals surface area contributed by atoms with Crippen molar-refractivity contribution in [2.75, 3.05) is 6.61 Å². The third kappa shape index (κ3) is 7.29. The number of ether oxygens (including phenoxy) is 1. The van der Waals surface area contributed by atoms with Gasteiger partial charge in [0.25, 0.3) is 5.69 Å². The molecule has 0 radical (unpaired) electrons. The molecular formula is C22H22F3N3O6. The molecular weight excluding hydrogens is 459 g/mol. The number of benzene rings is 2. The number of carbonyl (C=O) groups excluding carboxylic acids is 3. The molecule has 0 unspecified atom stereocenters. The number of hydrogen-bond donors (Lipinski definition) is 2. The standard InChI is InChI=1S/C22H22F3N3O6/c1-2-34-19(30)12-17(14-6-8-16(9-7-14)28(32)33)20(21(26)31)27-18(29)11-13-4-3-5-15(10-13)22(23,24)25/h3-10,17,20H,2,11-12H2,1H3,(H2,26,31)(H,27,29)/t17-,20+/m0/s1. The number of halogens is 3. The van der Waals surface area contributed by atoms with E-state index < -0.39 is 52.8 Å². The van der Waals surface area contributed by atoms with Crippen LogP contribution in [0, 0.1) is 10.1 Å². The van der Waals surface area contributed by atoms with E-state index in [1.165, 1.54) is 18.2 Å². The molecule has 12 heteroatoms. The highest BCUT2D eigenvalue weighted by Gasteiger charge is 2.33. The Morgan fingerprint density at radius 2 is 1.79 bits per heavy atom. The maximum atomic E-state index is 12.9. The Hall–Kier alpha value is -3.96. The Balaban J connectivity index is 2.30. The average Bonchev–Trinajstić information content (AvgIpc) is 2.76. The Morgan fingerprint density at radius 1 is 1.15 bits per heavy atom. The van der Waals surface area contributed by atoms with Gasteiger partial charge >= 0.3 is 12.1 Å². The van der Waals surface area contributed by atoms with Crippen molar-refractivity contribution in [3.05, 3.63) is 75.3 Å². The van der Waals surface area contributed by atoms with Crippen LogP contribution in [0.5, 0.6) is 0 Å². The van der Waals surface area contributed by atoms with Crippen LogP contribution in [0.25, 0.3) is 0 Å². The van der Waals surface area contributed by atoms with Crippen LogP contribution >= 0.6 is 0 Å². The predicted octanol–water partition coefficient (Wildman–Crippen LogP) is 2.86. The number of amides is 2. The van der Waals surface area contributed by atoms with E-state index in [1.807, 2.05) is 0 Å². The summed E-state index contributed by atoms with van der Waals surface area (Å²) in [6.07, 6.45) is -5.47. The highest BCUT2D eigenvalue weighted by atomic mass is 19.4. The number of nitrogens with two attached hydrogens (primary N) is 1. The topological polar surface area (TPSA) is 142 Å². The number of hydrogen-bond acceptors (Lipinski definition) is 6. The lowest BCUT2D eigenvalue weighted by Crippen LogP contribution is -2.49. The van der Waals surface area contributed by atoms with Crippen LogP contribution in [0.15, 0.2) is 48.5 Å². The van der Waals surface area contributed by atoms with Gasteiger partial charge in [0, 0.05) is 18.1 Å². The molecule has 9 nitrogen and oxygen atoms in total. The molecule has 0 aliphatic rings. The van der Waals surface area contributed by atoms with Gasteiger partial charge in [0.15, 0.2) is 0 Å². The number of rotatable bonds is 10. The molecule has 2 aromatic rings. The number of primary amides is 1. The minimum absolute atomic E-state index is 0.0489. The first-order valence-corrected chi connectivity index (χ1v) is 10.1. The van der Waals surface area contributed by atoms with Crippen molar-refractivity contribution in [1.29, 1.82) is 0 Å². The monoisotopic (exact) mass is 481 g/mol. The highest BCUT2D eigenvalue weighted by molar-refractivity contribution is 5.89. The van der Waals surface area contributed by atoms with Gasteiger partial charge in [-0.2, -0.15) is 13.2 Å². The van der Waals surface area contributed by atoms with Crippen LogP contribution in [-0.2, 0) is 31.7 Å². The summed E-state index contributed by atoms with van der Waals surface area (Å²) < 4.78 is 43.7. The highest BCUT2D eigenvalue weighted by Crippen LogP contribution is 2.30. The summed E-state index contributed by atoms with van der Waals surface area (Å²) in [5, 5.41) is 13.3. The van der Waals surface area contributed by atoms with Crippen molar-refractivity contribution in [3.8, 4) is 0 Å². The van der Waals surface area contributed by atoms with Crippen molar-refractivity contribution in [2.24, 2.45) is 5.73 Å². The Kier molecular flexibility index (Phi) is 8.70. The number of nitrogens with one attached hydrogen (secondary N) is 1. The van der Waals surface area contributed by atoms with Gasteiger partial charge in [0.05, 0.1) is 29.9 Å². The van der Waals surface area contributed by atoms with Crippen LogP contribution in [-0.4, -0.2) is 35.4 Å². The number of non-ortho nitro benzene ring substituents is 1. The van der Waals surface area contributed by atoms with E-state index in [0.29, 0.717) is 5.56 Å². The van der Waals surface area contributed by atoms with Gasteiger partial charge in [-0.3, -0.25) is 24.5 Å². The minimum atomic E-state index is -4.59. The predicted molar refractivity (Wildman–Crippen MR) is 113 cm³/mol. The van der Waals surface area contributed by atoms with Crippen molar-refractivity contribution in [1.82, 2.24) is 5.32 Å². The number of nitro benzene ring substituents is 1. The first kappa shape index (κ1) is 26.3. The maximum absolute atomic E-state index is 12.9. The first-order chi connectivity index (χ1) is 15.9. The lowest BCUT2D eigenvalue weighted by Gasteiger charge is -2.25. The summed E-state index contributed by atoms with van der Waals surface area (Å²) >= 11 is 0. The van der Waals surface area contributed by atoms with Gasteiger partial charge < -0.3 is 15.8 Å². The zero-order valence-electron chi connectivity index (χ0n) is 18.0. The summed E-state index contributed by atoms with van der Waals surface area (Å²) in [7, 11) is 0. The Labute approximate surface area is 192 Å². The number of nitrogens with zero attached hydrogens (tertiary/aromatic N) is 1. The van der Waals surface area contributed by atoms with Crippen LogP contribution in [0.1, 0.15) is 36.0 Å². The largest absolute Gasteiger partial charge is 0.466 e. The minimum Gasteiger partial charge on any atom is -0.466 e. The smallest absolute Gasteiger partial charge is 0.416 e. The third-order valence-corrected chi connectivity index (χ3v) is 4.87. The lowest BCUT2D eigenvalue weighted by atomic mass is 9.87. The molecule has 0 bridgehead atoms. The van der Waals surface area contributed by atoms with Crippen molar-refractivity contribution in [2.45, 2.75) is 37.9 Å². The van der Waals surface area contributed by atoms with E-state index in [-0.39, 0.29) is 24.3 Å². The van der Waals surface area contributed by atoms with Gasteiger partial charge in [-0.05, 0) is 24.1 Å². The van der Waals surface area contributed by atoms with Crippen LogP contribution in [0.2, 0.25) is 0 Å². The van der Waals surface area contributed by atoms with E-state index in [0.717, 1.165) is 30.3 Å². The second-order valence-corrected chi connectivity index (χ2v) is 7.29. The molecule has 2 rings (SSSR count). The summed E-state index contributed by atoms with van der Waals surface area (Å²) in [6, 6.07) is 7.66. The van der Waals surface area contributed by atoms with Crippen LogP contribution in [0.4, 0.5) is 18.9 Å². The fourth-order valence-electron chi connectivity index (χ4n) is 3.31. The average molecular weight is 481 g/mol. The number of nitro groups is 1. The van der Waals surface area contributed by atoms with E-state index in [9.17, 15) is 37.7 Å². The molecule has 0 saturated carbocycles. The molecule has 34 heavy (non-hydrogen) atoms. The normalized spacial score (nSPS) is 12.9. The van der Waals surface area contributed by atoms with E-state index in [2.05, 4.69) is 5.32 Å². The lowest BCUT2D eigenvalue weighted by molar-refractivity contribution is -0.384. The fourth-order valence-corrected chi connectivity index (χ4v) is 3.31. The summed E-state index contributed by atoms with van der Waals surface area (Å²) in [5.74, 6) is -3.56. The van der Waals surface area contributed by atoms with Crippen molar-refractivity contribution in [3.63, 3.8) is 0 Å². The molecule has 182 valence electrons. The molecule has 0 spiro atoms. The van der Waals surface area contributed by atoms with Gasteiger partial charge in [0.1, 0.15) is 6.04 Å². The molecule has 2 atom stereocenters. The molecule has 0 aromatic heterocycles. The SMILES string of the molecule is CCOC(=O)C[C@@H](c1ccc([N+](=O)[O-])cc1)[C@@H](NC(=O)Cc1cccc(C(F)(F)F)c1)C(N)=O. The first-order valence-electron chi connectivity index (χ1n) is 10.1.